The molecule has 0 aromatic carbocycles. The monoisotopic (exact) mass is 194 g/mol. The van der Waals surface area contributed by atoms with E-state index < -0.39 is 0 Å². The molecule has 1 heterocycles. The largest absolute Gasteiger partial charge is 0.394 e. The Bertz CT molecular complexity index is 302. The van der Waals surface area contributed by atoms with Gasteiger partial charge in [-0.05, 0) is 19.3 Å². The lowest BCUT2D eigenvalue weighted by molar-refractivity contribution is 0.144. The van der Waals surface area contributed by atoms with Gasteiger partial charge < -0.3 is 16.2 Å². The van der Waals surface area contributed by atoms with E-state index >= 15 is 0 Å². The van der Waals surface area contributed by atoms with Crippen LogP contribution in [0, 0.1) is 0 Å². The Hall–Kier alpha value is -1.36. The summed E-state index contributed by atoms with van der Waals surface area (Å²) in [5, 5.41) is 12.4. The highest BCUT2D eigenvalue weighted by Crippen LogP contribution is 2.34. The Morgan fingerprint density at radius 1 is 1.43 bits per heavy atom. The summed E-state index contributed by atoms with van der Waals surface area (Å²) in [6.45, 7) is 0.138. The van der Waals surface area contributed by atoms with E-state index in [0.29, 0.717) is 11.6 Å². The first-order valence-electron chi connectivity index (χ1n) is 4.71. The molecule has 1 saturated carbocycles. The molecule has 5 heteroatoms. The third-order valence-electron chi connectivity index (χ3n) is 2.68. The van der Waals surface area contributed by atoms with E-state index in [4.69, 9.17) is 5.73 Å². The van der Waals surface area contributed by atoms with E-state index in [1.807, 2.05) is 0 Å². The van der Waals surface area contributed by atoms with Crippen LogP contribution in [0.15, 0.2) is 12.4 Å². The summed E-state index contributed by atoms with van der Waals surface area (Å²) in [5.41, 5.74) is 5.24. The van der Waals surface area contributed by atoms with E-state index in [1.54, 1.807) is 6.20 Å². The quantitative estimate of drug-likeness (QED) is 0.648. The van der Waals surface area contributed by atoms with Crippen LogP contribution in [0.5, 0.6) is 0 Å². The zero-order valence-corrected chi connectivity index (χ0v) is 7.90. The van der Waals surface area contributed by atoms with Crippen molar-refractivity contribution < 1.29 is 5.11 Å². The van der Waals surface area contributed by atoms with Gasteiger partial charge in [0.2, 0.25) is 0 Å². The maximum Gasteiger partial charge on any atom is 0.145 e. The third-order valence-corrected chi connectivity index (χ3v) is 2.68. The van der Waals surface area contributed by atoms with Crippen LogP contribution in [0.1, 0.15) is 19.3 Å². The molecular weight excluding hydrogens is 180 g/mol. The topological polar surface area (TPSA) is 84.1 Å². The first kappa shape index (κ1) is 9.21. The summed E-state index contributed by atoms with van der Waals surface area (Å²) in [6.07, 6.45) is 6.21. The molecule has 1 aliphatic rings. The van der Waals surface area contributed by atoms with Gasteiger partial charge in [0.1, 0.15) is 11.6 Å². The van der Waals surface area contributed by atoms with Crippen LogP contribution < -0.4 is 11.1 Å². The van der Waals surface area contributed by atoms with Crippen molar-refractivity contribution in [2.75, 3.05) is 17.7 Å². The molecule has 0 amide bonds. The minimum Gasteiger partial charge on any atom is -0.394 e. The van der Waals surface area contributed by atoms with Crippen molar-refractivity contribution in [3.05, 3.63) is 12.4 Å². The van der Waals surface area contributed by atoms with E-state index in [1.165, 1.54) is 6.20 Å². The Balaban J connectivity index is 2.06. The number of nitrogens with zero attached hydrogens (tertiary/aromatic N) is 2. The lowest BCUT2D eigenvalue weighted by Gasteiger charge is -2.41. The Morgan fingerprint density at radius 3 is 2.64 bits per heavy atom. The molecule has 1 aliphatic carbocycles. The van der Waals surface area contributed by atoms with Crippen molar-refractivity contribution in [3.63, 3.8) is 0 Å². The zero-order chi connectivity index (χ0) is 10.0. The fraction of sp³-hybridized carbons (Fsp3) is 0.556. The van der Waals surface area contributed by atoms with Crippen LogP contribution in [-0.2, 0) is 0 Å². The van der Waals surface area contributed by atoms with Gasteiger partial charge in [0, 0.05) is 0 Å². The normalized spacial score (nSPS) is 18.6. The SMILES string of the molecule is Nc1cnc(NC2(CO)CCC2)cn1. The highest BCUT2D eigenvalue weighted by atomic mass is 16.3. The number of nitrogens with one attached hydrogen (secondary N) is 1. The molecule has 1 aromatic rings. The molecule has 0 atom stereocenters. The maximum absolute atomic E-state index is 9.22. The molecule has 76 valence electrons. The molecule has 5 nitrogen and oxygen atoms in total. The van der Waals surface area contributed by atoms with Crippen molar-refractivity contribution in [3.8, 4) is 0 Å². The number of rotatable bonds is 3. The van der Waals surface area contributed by atoms with Crippen molar-refractivity contribution in [2.45, 2.75) is 24.8 Å². The minimum absolute atomic E-state index is 0.138. The van der Waals surface area contributed by atoms with Gasteiger partial charge >= 0.3 is 0 Å². The van der Waals surface area contributed by atoms with Gasteiger partial charge in [0.05, 0.1) is 24.5 Å². The highest BCUT2D eigenvalue weighted by Gasteiger charge is 2.36. The smallest absolute Gasteiger partial charge is 0.145 e. The van der Waals surface area contributed by atoms with Crippen LogP contribution in [0.25, 0.3) is 0 Å². The van der Waals surface area contributed by atoms with Gasteiger partial charge in [-0.25, -0.2) is 9.97 Å². The summed E-state index contributed by atoms with van der Waals surface area (Å²) in [6, 6.07) is 0. The van der Waals surface area contributed by atoms with Crippen LogP contribution in [-0.4, -0.2) is 27.2 Å². The summed E-state index contributed by atoms with van der Waals surface area (Å²) < 4.78 is 0. The number of anilines is 2. The number of hydrogen-bond acceptors (Lipinski definition) is 5. The number of nitrogen functional groups attached to an aromatic ring is 1. The Morgan fingerprint density at radius 2 is 2.21 bits per heavy atom. The summed E-state index contributed by atoms with van der Waals surface area (Å²) in [5.74, 6) is 1.08. The summed E-state index contributed by atoms with van der Waals surface area (Å²) in [7, 11) is 0. The average molecular weight is 194 g/mol. The van der Waals surface area contributed by atoms with Gasteiger partial charge in [-0.3, -0.25) is 0 Å². The predicted molar refractivity (Wildman–Crippen MR) is 53.7 cm³/mol. The molecule has 1 fully saturated rings. The van der Waals surface area contributed by atoms with Gasteiger partial charge in [-0.15, -0.1) is 0 Å². The first-order valence-corrected chi connectivity index (χ1v) is 4.71. The van der Waals surface area contributed by atoms with Crippen LogP contribution in [0.3, 0.4) is 0 Å². The fourth-order valence-corrected chi connectivity index (χ4v) is 1.60. The number of nitrogens with two attached hydrogens (primary N) is 1. The second-order valence-electron chi connectivity index (χ2n) is 3.74. The van der Waals surface area contributed by atoms with E-state index in [-0.39, 0.29) is 12.1 Å². The van der Waals surface area contributed by atoms with Crippen LogP contribution in [0.4, 0.5) is 11.6 Å². The van der Waals surface area contributed by atoms with Gasteiger partial charge in [-0.2, -0.15) is 0 Å². The molecule has 0 bridgehead atoms. The second kappa shape index (κ2) is 3.42. The lowest BCUT2D eigenvalue weighted by atomic mass is 9.77. The molecule has 14 heavy (non-hydrogen) atoms. The van der Waals surface area contributed by atoms with Crippen molar-refractivity contribution >= 4 is 11.6 Å². The van der Waals surface area contributed by atoms with E-state index in [9.17, 15) is 5.11 Å². The average Bonchev–Trinajstić information content (AvgIpc) is 2.15. The van der Waals surface area contributed by atoms with Gasteiger partial charge in [-0.1, -0.05) is 0 Å². The standard InChI is InChI=1S/C9H14N4O/c10-7-4-12-8(5-11-7)13-9(6-14)2-1-3-9/h4-5,14H,1-3,6H2,(H2,10,11)(H,12,13). The summed E-state index contributed by atoms with van der Waals surface area (Å²) in [4.78, 5) is 8.01. The van der Waals surface area contributed by atoms with Crippen LogP contribution in [0.2, 0.25) is 0 Å². The molecule has 0 saturated heterocycles. The molecule has 1 aromatic heterocycles. The van der Waals surface area contributed by atoms with E-state index in [2.05, 4.69) is 15.3 Å². The highest BCUT2D eigenvalue weighted by molar-refractivity contribution is 5.39. The third kappa shape index (κ3) is 1.63. The number of aliphatic hydroxyl groups is 1. The molecule has 0 radical (unpaired) electrons. The molecular formula is C9H14N4O. The van der Waals surface area contributed by atoms with Crippen molar-refractivity contribution in [1.82, 2.24) is 9.97 Å². The second-order valence-corrected chi connectivity index (χ2v) is 3.74. The van der Waals surface area contributed by atoms with Crippen molar-refractivity contribution in [2.24, 2.45) is 0 Å². The predicted octanol–water partition coefficient (Wildman–Crippen LogP) is 0.386. The van der Waals surface area contributed by atoms with Crippen molar-refractivity contribution in [1.29, 1.82) is 0 Å². The zero-order valence-electron chi connectivity index (χ0n) is 7.90. The fourth-order valence-electron chi connectivity index (χ4n) is 1.60. The Kier molecular flexibility index (Phi) is 2.25. The summed E-state index contributed by atoms with van der Waals surface area (Å²) >= 11 is 0. The molecule has 2 rings (SSSR count). The molecule has 0 aliphatic heterocycles. The minimum atomic E-state index is -0.176. The lowest BCUT2D eigenvalue weighted by Crippen LogP contribution is -2.48. The number of aliphatic hydroxyl groups excluding tert-OH is 1. The first-order chi connectivity index (χ1) is 6.74. The van der Waals surface area contributed by atoms with Gasteiger partial charge in [0.15, 0.2) is 0 Å². The van der Waals surface area contributed by atoms with Crippen LogP contribution >= 0.6 is 0 Å². The van der Waals surface area contributed by atoms with Gasteiger partial charge in [0.25, 0.3) is 0 Å². The van der Waals surface area contributed by atoms with E-state index in [0.717, 1.165) is 19.3 Å². The molecule has 0 spiro atoms. The molecule has 4 N–H and O–H groups in total. The Labute approximate surface area is 82.4 Å². The number of hydrogen-bond donors (Lipinski definition) is 3. The molecule has 0 unspecified atom stereocenters. The maximum atomic E-state index is 9.22. The number of aromatic nitrogens is 2.